The van der Waals surface area contributed by atoms with Crippen LogP contribution in [0.15, 0.2) is 24.3 Å². The van der Waals surface area contributed by atoms with Gasteiger partial charge < -0.3 is 4.74 Å². The number of hydrogen-bond donors (Lipinski definition) is 0. The van der Waals surface area contributed by atoms with Crippen LogP contribution in [0.1, 0.15) is 27.7 Å². The molecule has 0 unspecified atom stereocenters. The molecular weight excluding hydrogens is 196 g/mol. The molecule has 0 saturated heterocycles. The van der Waals surface area contributed by atoms with Gasteiger partial charge in [0, 0.05) is 18.7 Å². The largest absolute Gasteiger partial charge is 0.381 e. The maximum absolute atomic E-state index is 5.36. The van der Waals surface area contributed by atoms with Crippen LogP contribution in [-0.2, 0) is 4.74 Å². The third-order valence-corrected chi connectivity index (χ3v) is 1.26. The summed E-state index contributed by atoms with van der Waals surface area (Å²) in [5.74, 6) is 1.34. The lowest BCUT2D eigenvalue weighted by atomic mass is 10.2. The summed E-state index contributed by atoms with van der Waals surface area (Å²) in [6, 6.07) is 0. The average molecular weight is 219 g/mol. The van der Waals surface area contributed by atoms with Gasteiger partial charge in [0.1, 0.15) is 0 Å². The van der Waals surface area contributed by atoms with Crippen LogP contribution in [0.4, 0.5) is 0 Å². The van der Waals surface area contributed by atoms with Crippen molar-refractivity contribution in [3.8, 4) is 0 Å². The van der Waals surface area contributed by atoms with Crippen molar-refractivity contribution in [1.29, 1.82) is 0 Å². The molecule has 0 aliphatic rings. The molecule has 0 spiro atoms. The maximum Gasteiger partial charge on any atom is 0.0489 e. The van der Waals surface area contributed by atoms with Crippen LogP contribution in [0.5, 0.6) is 0 Å². The molecule has 0 bridgehead atoms. The lowest BCUT2D eigenvalue weighted by molar-refractivity contribution is 0.0886. The van der Waals surface area contributed by atoms with E-state index in [1.165, 1.54) is 5.54 Å². The van der Waals surface area contributed by atoms with Gasteiger partial charge in [0.15, 0.2) is 0 Å². The first kappa shape index (κ1) is 16.2. The highest BCUT2D eigenvalue weighted by atomic mass is 35.5. The van der Waals surface area contributed by atoms with Gasteiger partial charge in [-0.2, -0.15) is 0 Å². The van der Waals surface area contributed by atoms with Gasteiger partial charge in [-0.1, -0.05) is 58.0 Å². The number of halogens is 1. The Labute approximate surface area is 93.8 Å². The molecule has 0 aromatic heterocycles. The van der Waals surface area contributed by atoms with Gasteiger partial charge in [-0.15, -0.1) is 0 Å². The lowest BCUT2D eigenvalue weighted by Crippen LogP contribution is -2.06. The van der Waals surface area contributed by atoms with Crippen molar-refractivity contribution >= 4 is 11.6 Å². The molecule has 0 amide bonds. The molecule has 0 aromatic carbocycles. The Morgan fingerprint density at radius 1 is 1.14 bits per heavy atom. The van der Waals surface area contributed by atoms with Crippen LogP contribution in [-0.4, -0.2) is 13.2 Å². The summed E-state index contributed by atoms with van der Waals surface area (Å²) in [5, 5.41) is 0. The second-order valence-corrected chi connectivity index (χ2v) is 4.13. The number of ether oxygens (including phenoxy) is 1. The Bertz CT molecular complexity index is 131. The average Bonchev–Trinajstić information content (AvgIpc) is 2.05. The van der Waals surface area contributed by atoms with E-state index in [0.29, 0.717) is 11.8 Å². The molecule has 0 rings (SSSR count). The fourth-order valence-electron chi connectivity index (χ4n) is 0.591. The third kappa shape index (κ3) is 22.6. The van der Waals surface area contributed by atoms with Crippen LogP contribution < -0.4 is 0 Å². The summed E-state index contributed by atoms with van der Waals surface area (Å²) in [6.45, 7) is 13.8. The van der Waals surface area contributed by atoms with E-state index in [-0.39, 0.29) is 0 Å². The minimum absolute atomic E-state index is 0.670. The van der Waals surface area contributed by atoms with Crippen molar-refractivity contribution in [2.24, 2.45) is 11.8 Å². The van der Waals surface area contributed by atoms with Gasteiger partial charge in [-0.3, -0.25) is 0 Å². The van der Waals surface area contributed by atoms with Crippen molar-refractivity contribution in [3.05, 3.63) is 24.3 Å². The molecule has 2 heteroatoms. The van der Waals surface area contributed by atoms with E-state index in [0.717, 1.165) is 13.2 Å². The van der Waals surface area contributed by atoms with Crippen molar-refractivity contribution in [3.63, 3.8) is 0 Å². The van der Waals surface area contributed by atoms with Gasteiger partial charge in [0.25, 0.3) is 0 Å². The first-order valence-electron chi connectivity index (χ1n) is 5.00. The predicted octanol–water partition coefficient (Wildman–Crippen LogP) is 4.24. The molecule has 0 heterocycles. The molecule has 0 radical (unpaired) electrons. The summed E-state index contributed by atoms with van der Waals surface area (Å²) in [6.07, 6.45) is 3.27. The molecule has 0 aliphatic heterocycles. The first-order valence-corrected chi connectivity index (χ1v) is 5.43. The van der Waals surface area contributed by atoms with Gasteiger partial charge in [-0.25, -0.2) is 0 Å². The van der Waals surface area contributed by atoms with E-state index >= 15 is 0 Å². The minimum atomic E-state index is 0.670. The van der Waals surface area contributed by atoms with Crippen molar-refractivity contribution in [2.75, 3.05) is 13.2 Å². The van der Waals surface area contributed by atoms with Crippen LogP contribution in [0.3, 0.4) is 0 Å². The Morgan fingerprint density at radius 3 is 1.71 bits per heavy atom. The molecular formula is C12H23ClO. The second kappa shape index (κ2) is 12.7. The Morgan fingerprint density at radius 2 is 1.57 bits per heavy atom. The van der Waals surface area contributed by atoms with Crippen molar-refractivity contribution < 1.29 is 4.74 Å². The molecule has 0 aliphatic carbocycles. The summed E-state index contributed by atoms with van der Waals surface area (Å²) >= 11 is 5.05. The zero-order valence-electron chi connectivity index (χ0n) is 9.79. The predicted molar refractivity (Wildman–Crippen MR) is 65.7 cm³/mol. The van der Waals surface area contributed by atoms with E-state index in [9.17, 15) is 0 Å². The third-order valence-electron chi connectivity index (χ3n) is 1.11. The molecule has 0 saturated carbocycles. The van der Waals surface area contributed by atoms with Crippen LogP contribution in [0, 0.1) is 11.8 Å². The van der Waals surface area contributed by atoms with Gasteiger partial charge in [0.05, 0.1) is 0 Å². The molecule has 0 aromatic rings. The fraction of sp³-hybridized carbons (Fsp3) is 0.667. The lowest BCUT2D eigenvalue weighted by Gasteiger charge is -2.07. The molecule has 0 fully saturated rings. The normalized spacial score (nSPS) is 10.5. The smallest absolute Gasteiger partial charge is 0.0489 e. The summed E-state index contributed by atoms with van der Waals surface area (Å²) in [5.41, 5.74) is 1.41. The van der Waals surface area contributed by atoms with Gasteiger partial charge in [-0.05, 0) is 11.8 Å². The van der Waals surface area contributed by atoms with Crippen molar-refractivity contribution in [2.45, 2.75) is 27.7 Å². The molecule has 84 valence electrons. The number of rotatable bonds is 5. The summed E-state index contributed by atoms with van der Waals surface area (Å²) in [4.78, 5) is 0. The topological polar surface area (TPSA) is 9.23 Å². The quantitative estimate of drug-likeness (QED) is 0.628. The number of allylic oxidation sites excluding steroid dienone is 2. The van der Waals surface area contributed by atoms with Crippen LogP contribution in [0.25, 0.3) is 0 Å². The molecule has 1 nitrogen and oxygen atoms in total. The highest BCUT2D eigenvalue weighted by Crippen LogP contribution is 1.96. The minimum Gasteiger partial charge on any atom is -0.381 e. The molecule has 0 N–H and O–H groups in total. The Hall–Kier alpha value is -0.270. The second-order valence-electron chi connectivity index (χ2n) is 3.88. The zero-order chi connectivity index (χ0) is 11.4. The highest BCUT2D eigenvalue weighted by Gasteiger charge is 1.95. The Balaban J connectivity index is 0. The van der Waals surface area contributed by atoms with E-state index in [1.54, 1.807) is 12.2 Å². The Kier molecular flexibility index (Phi) is 14.7. The van der Waals surface area contributed by atoms with E-state index in [1.807, 2.05) is 0 Å². The van der Waals surface area contributed by atoms with Crippen molar-refractivity contribution in [1.82, 2.24) is 0 Å². The monoisotopic (exact) mass is 218 g/mol. The zero-order valence-corrected chi connectivity index (χ0v) is 10.6. The van der Waals surface area contributed by atoms with Gasteiger partial charge in [0.2, 0.25) is 0 Å². The standard InChI is InChI=1S/C8H18O.C4H5Cl/c1-7(2)5-9-6-8(3)4;1-2-3-4-5/h7-8H,5-6H2,1-4H3;2-4H,1H2. The highest BCUT2D eigenvalue weighted by molar-refractivity contribution is 6.25. The van der Waals surface area contributed by atoms with Crippen LogP contribution >= 0.6 is 11.6 Å². The van der Waals surface area contributed by atoms with E-state index in [4.69, 9.17) is 16.3 Å². The molecule has 0 atom stereocenters. The first-order chi connectivity index (χ1) is 6.54. The summed E-state index contributed by atoms with van der Waals surface area (Å²) < 4.78 is 5.36. The fourth-order valence-corrected chi connectivity index (χ4v) is 0.694. The summed E-state index contributed by atoms with van der Waals surface area (Å²) in [7, 11) is 0. The molecule has 14 heavy (non-hydrogen) atoms. The SMILES string of the molecule is C=CC=CCl.CC(C)COCC(C)C. The van der Waals surface area contributed by atoms with Gasteiger partial charge >= 0.3 is 0 Å². The number of hydrogen-bond acceptors (Lipinski definition) is 1. The van der Waals surface area contributed by atoms with Crippen LogP contribution in [0.2, 0.25) is 0 Å². The van der Waals surface area contributed by atoms with E-state index < -0.39 is 0 Å². The maximum atomic E-state index is 5.36. The van der Waals surface area contributed by atoms with E-state index in [2.05, 4.69) is 34.3 Å².